The number of hydrogen-bond acceptors (Lipinski definition) is 4. The predicted octanol–water partition coefficient (Wildman–Crippen LogP) is 3.64. The van der Waals surface area contributed by atoms with Crippen molar-refractivity contribution in [3.05, 3.63) is 53.2 Å². The Bertz CT molecular complexity index is 723. The molecule has 2 aromatic rings. The van der Waals surface area contributed by atoms with Crippen LogP contribution in [0.15, 0.2) is 42.6 Å². The van der Waals surface area contributed by atoms with Crippen LogP contribution in [0, 0.1) is 11.8 Å². The van der Waals surface area contributed by atoms with Crippen LogP contribution >= 0.6 is 11.6 Å². The second-order valence-electron chi connectivity index (χ2n) is 6.29. The van der Waals surface area contributed by atoms with Gasteiger partial charge in [0.2, 0.25) is 0 Å². The summed E-state index contributed by atoms with van der Waals surface area (Å²) in [4.78, 5) is 6.53. The lowest BCUT2D eigenvalue weighted by Gasteiger charge is -2.32. The minimum absolute atomic E-state index is 0.528. The first-order chi connectivity index (χ1) is 12.2. The van der Waals surface area contributed by atoms with E-state index >= 15 is 0 Å². The van der Waals surface area contributed by atoms with Gasteiger partial charge in [-0.1, -0.05) is 23.4 Å². The summed E-state index contributed by atoms with van der Waals surface area (Å²) in [6.45, 7) is 3.23. The summed E-state index contributed by atoms with van der Waals surface area (Å²) < 4.78 is 0. The molecule has 0 radical (unpaired) electrons. The average Bonchev–Trinajstić information content (AvgIpc) is 2.63. The normalized spacial score (nSPS) is 15.4. The molecule has 0 atom stereocenters. The minimum Gasteiger partial charge on any atom is -0.384 e. The summed E-state index contributed by atoms with van der Waals surface area (Å²) >= 11 is 5.93. The third kappa shape index (κ3) is 5.67. The Morgan fingerprint density at radius 2 is 1.92 bits per heavy atom. The number of nitrogens with two attached hydrogens (primary N) is 1. The number of anilines is 2. The van der Waals surface area contributed by atoms with Crippen molar-refractivity contribution >= 4 is 23.1 Å². The quantitative estimate of drug-likeness (QED) is 0.823. The van der Waals surface area contributed by atoms with Gasteiger partial charge in [-0.05, 0) is 49.2 Å². The fourth-order valence-electron chi connectivity index (χ4n) is 2.94. The lowest BCUT2D eigenvalue weighted by molar-refractivity contribution is 0.224. The largest absolute Gasteiger partial charge is 0.384 e. The summed E-state index contributed by atoms with van der Waals surface area (Å²) in [5.74, 6) is 6.89. The summed E-state index contributed by atoms with van der Waals surface area (Å²) in [7, 11) is 0. The van der Waals surface area contributed by atoms with Crippen LogP contribution in [0.5, 0.6) is 0 Å². The first-order valence-corrected chi connectivity index (χ1v) is 9.02. The van der Waals surface area contributed by atoms with Crippen molar-refractivity contribution < 1.29 is 0 Å². The van der Waals surface area contributed by atoms with E-state index in [2.05, 4.69) is 27.0 Å². The van der Waals surface area contributed by atoms with Gasteiger partial charge in [0.25, 0.3) is 0 Å². The smallest absolute Gasteiger partial charge is 0.123 e. The van der Waals surface area contributed by atoms with Gasteiger partial charge in [-0.2, -0.15) is 0 Å². The molecule has 0 spiro atoms. The molecular formula is C20H23ClN4. The molecule has 1 saturated heterocycles. The molecular weight excluding hydrogens is 332 g/mol. The highest BCUT2D eigenvalue weighted by Gasteiger charge is 2.18. The van der Waals surface area contributed by atoms with Gasteiger partial charge in [-0.3, -0.25) is 0 Å². The van der Waals surface area contributed by atoms with Gasteiger partial charge >= 0.3 is 0 Å². The molecule has 3 N–H and O–H groups in total. The molecule has 1 aliphatic heterocycles. The first kappa shape index (κ1) is 17.6. The molecule has 0 bridgehead atoms. The molecule has 3 rings (SSSR count). The van der Waals surface area contributed by atoms with Crippen molar-refractivity contribution in [1.29, 1.82) is 0 Å². The lowest BCUT2D eigenvalue weighted by Crippen LogP contribution is -2.39. The van der Waals surface area contributed by atoms with Crippen molar-refractivity contribution in [3.8, 4) is 11.8 Å². The van der Waals surface area contributed by atoms with Crippen molar-refractivity contribution in [1.82, 2.24) is 9.88 Å². The number of aromatic nitrogens is 1. The van der Waals surface area contributed by atoms with Gasteiger partial charge in [0.05, 0.1) is 0 Å². The Morgan fingerprint density at radius 3 is 2.60 bits per heavy atom. The lowest BCUT2D eigenvalue weighted by atomic mass is 10.0. The van der Waals surface area contributed by atoms with Gasteiger partial charge in [0.1, 0.15) is 5.82 Å². The number of benzene rings is 1. The number of hydrogen-bond donors (Lipinski definition) is 2. The zero-order valence-electron chi connectivity index (χ0n) is 14.2. The summed E-state index contributed by atoms with van der Waals surface area (Å²) in [6.07, 6.45) is 4.89. The molecule has 0 aliphatic carbocycles. The highest BCUT2D eigenvalue weighted by molar-refractivity contribution is 6.30. The molecule has 0 amide bonds. The van der Waals surface area contributed by atoms with Gasteiger partial charge in [-0.15, -0.1) is 0 Å². The standard InChI is InChI=1S/C20H23ClN4/c21-17-5-7-18(8-6-17)24-19-10-13-25(14-11-19)12-2-1-3-16-4-9-20(22)23-15-16/h4-9,15,19,24H,2,10-14H2,(H2,22,23). The molecule has 1 aromatic carbocycles. The molecule has 2 heterocycles. The van der Waals surface area contributed by atoms with Crippen molar-refractivity contribution in [2.24, 2.45) is 0 Å². The number of likely N-dealkylation sites (tertiary alicyclic amines) is 1. The van der Waals surface area contributed by atoms with Crippen LogP contribution in [0.25, 0.3) is 0 Å². The minimum atomic E-state index is 0.528. The maximum atomic E-state index is 5.93. The molecule has 130 valence electrons. The Labute approximate surface area is 154 Å². The molecule has 1 aromatic heterocycles. The Morgan fingerprint density at radius 1 is 1.16 bits per heavy atom. The highest BCUT2D eigenvalue weighted by Crippen LogP contribution is 2.18. The first-order valence-electron chi connectivity index (χ1n) is 8.64. The molecule has 4 nitrogen and oxygen atoms in total. The fraction of sp³-hybridized carbons (Fsp3) is 0.350. The van der Waals surface area contributed by atoms with Crippen LogP contribution in [-0.2, 0) is 0 Å². The molecule has 0 unspecified atom stereocenters. The molecule has 25 heavy (non-hydrogen) atoms. The predicted molar refractivity (Wildman–Crippen MR) is 105 cm³/mol. The van der Waals surface area contributed by atoms with Crippen LogP contribution in [-0.4, -0.2) is 35.6 Å². The van der Waals surface area contributed by atoms with Crippen LogP contribution in [0.1, 0.15) is 24.8 Å². The zero-order valence-corrected chi connectivity index (χ0v) is 15.0. The molecule has 1 aliphatic rings. The fourth-order valence-corrected chi connectivity index (χ4v) is 3.07. The van der Waals surface area contributed by atoms with E-state index in [0.717, 1.165) is 55.2 Å². The average molecular weight is 355 g/mol. The van der Waals surface area contributed by atoms with Gasteiger partial charge in [0, 0.05) is 54.6 Å². The second-order valence-corrected chi connectivity index (χ2v) is 6.73. The number of nitrogens with zero attached hydrogens (tertiary/aromatic N) is 2. The zero-order chi connectivity index (χ0) is 17.5. The van der Waals surface area contributed by atoms with E-state index in [4.69, 9.17) is 17.3 Å². The summed E-state index contributed by atoms with van der Waals surface area (Å²) in [5.41, 5.74) is 7.63. The van der Waals surface area contributed by atoms with Crippen LogP contribution in [0.2, 0.25) is 5.02 Å². The number of nitrogen functional groups attached to an aromatic ring is 1. The summed E-state index contributed by atoms with van der Waals surface area (Å²) in [5, 5.41) is 4.37. The monoisotopic (exact) mass is 354 g/mol. The Kier molecular flexibility index (Phi) is 6.16. The van der Waals surface area contributed by atoms with Gasteiger partial charge < -0.3 is 16.0 Å². The third-order valence-corrected chi connectivity index (χ3v) is 4.63. The van der Waals surface area contributed by atoms with Crippen LogP contribution < -0.4 is 11.1 Å². The molecule has 5 heteroatoms. The number of halogens is 1. The van der Waals surface area contributed by atoms with Gasteiger partial charge in [-0.25, -0.2) is 4.98 Å². The highest BCUT2D eigenvalue weighted by atomic mass is 35.5. The number of nitrogens with one attached hydrogen (secondary N) is 1. The van der Waals surface area contributed by atoms with Crippen LogP contribution in [0.3, 0.4) is 0 Å². The maximum absolute atomic E-state index is 5.93. The van der Waals surface area contributed by atoms with Crippen molar-refractivity contribution in [2.75, 3.05) is 30.7 Å². The van der Waals surface area contributed by atoms with E-state index in [-0.39, 0.29) is 0 Å². The Balaban J connectivity index is 1.38. The van der Waals surface area contributed by atoms with Crippen molar-refractivity contribution in [2.45, 2.75) is 25.3 Å². The maximum Gasteiger partial charge on any atom is 0.123 e. The molecule has 1 fully saturated rings. The van der Waals surface area contributed by atoms with E-state index in [0.29, 0.717) is 11.9 Å². The number of pyridine rings is 1. The third-order valence-electron chi connectivity index (χ3n) is 4.37. The van der Waals surface area contributed by atoms with Gasteiger partial charge in [0.15, 0.2) is 0 Å². The SMILES string of the molecule is Nc1ccc(C#CCCN2CCC(Nc3ccc(Cl)cc3)CC2)cn1. The molecule has 0 saturated carbocycles. The van der Waals surface area contributed by atoms with Crippen molar-refractivity contribution in [3.63, 3.8) is 0 Å². The van der Waals surface area contributed by atoms with E-state index < -0.39 is 0 Å². The van der Waals surface area contributed by atoms with E-state index in [1.807, 2.05) is 30.3 Å². The van der Waals surface area contributed by atoms with E-state index in [9.17, 15) is 0 Å². The number of piperidine rings is 1. The van der Waals surface area contributed by atoms with E-state index in [1.165, 1.54) is 0 Å². The summed E-state index contributed by atoms with van der Waals surface area (Å²) in [6, 6.07) is 12.1. The second kappa shape index (κ2) is 8.75. The number of rotatable bonds is 4. The topological polar surface area (TPSA) is 54.2 Å². The van der Waals surface area contributed by atoms with E-state index in [1.54, 1.807) is 12.3 Å². The van der Waals surface area contributed by atoms with Crippen LogP contribution in [0.4, 0.5) is 11.5 Å². The Hall–Kier alpha value is -2.22.